The van der Waals surface area contributed by atoms with Crippen molar-refractivity contribution in [1.82, 2.24) is 0 Å². The van der Waals surface area contributed by atoms with Gasteiger partial charge < -0.3 is 9.84 Å². The lowest BCUT2D eigenvalue weighted by Crippen LogP contribution is -2.24. The Morgan fingerprint density at radius 1 is 1.21 bits per heavy atom. The van der Waals surface area contributed by atoms with Crippen molar-refractivity contribution < 1.29 is 23.0 Å². The Bertz CT molecular complexity index is 385. The van der Waals surface area contributed by atoms with E-state index in [1.54, 1.807) is 6.92 Å². The van der Waals surface area contributed by atoms with E-state index in [-0.39, 0.29) is 5.56 Å². The first kappa shape index (κ1) is 16.0. The molecule has 0 aliphatic rings. The van der Waals surface area contributed by atoms with Crippen molar-refractivity contribution >= 4 is 0 Å². The van der Waals surface area contributed by atoms with Gasteiger partial charge in [0.25, 0.3) is 0 Å². The van der Waals surface area contributed by atoms with Crippen LogP contribution >= 0.6 is 0 Å². The third kappa shape index (κ3) is 4.21. The monoisotopic (exact) mass is 276 g/mol. The maximum absolute atomic E-state index is 12.9. The number of benzene rings is 1. The summed E-state index contributed by atoms with van der Waals surface area (Å²) in [6, 6.07) is 5.08. The molecule has 2 atom stereocenters. The molecule has 2 nitrogen and oxygen atoms in total. The van der Waals surface area contributed by atoms with E-state index in [0.717, 1.165) is 12.5 Å². The van der Waals surface area contributed by atoms with E-state index in [2.05, 4.69) is 0 Å². The molecule has 0 aliphatic heterocycles. The average Bonchev–Trinajstić information content (AvgIpc) is 2.37. The van der Waals surface area contributed by atoms with Gasteiger partial charge in [0.05, 0.1) is 11.7 Å². The molecule has 108 valence electrons. The van der Waals surface area contributed by atoms with Crippen LogP contribution in [0, 0.1) is 0 Å². The van der Waals surface area contributed by atoms with E-state index in [1.807, 2.05) is 6.92 Å². The second-order valence-electron chi connectivity index (χ2n) is 4.31. The Labute approximate surface area is 111 Å². The molecule has 5 heteroatoms. The largest absolute Gasteiger partial charge is 0.416 e. The molecule has 0 saturated heterocycles. The quantitative estimate of drug-likeness (QED) is 0.852. The number of aliphatic hydroxyl groups is 1. The molecule has 0 radical (unpaired) electrons. The highest BCUT2D eigenvalue weighted by Crippen LogP contribution is 2.36. The summed E-state index contributed by atoms with van der Waals surface area (Å²) in [4.78, 5) is 0. The number of rotatable bonds is 6. The van der Waals surface area contributed by atoms with Gasteiger partial charge in [-0.1, -0.05) is 31.5 Å². The highest BCUT2D eigenvalue weighted by Gasteiger charge is 2.36. The molecule has 1 rings (SSSR count). The molecule has 1 aromatic rings. The highest BCUT2D eigenvalue weighted by atomic mass is 19.4. The topological polar surface area (TPSA) is 29.5 Å². The van der Waals surface area contributed by atoms with Gasteiger partial charge >= 0.3 is 6.18 Å². The van der Waals surface area contributed by atoms with Crippen LogP contribution in [0.5, 0.6) is 0 Å². The Hall–Kier alpha value is -1.07. The molecule has 0 fully saturated rings. The number of ether oxygens (including phenoxy) is 1. The van der Waals surface area contributed by atoms with Gasteiger partial charge in [-0.2, -0.15) is 13.2 Å². The van der Waals surface area contributed by atoms with Crippen molar-refractivity contribution in [3.8, 4) is 0 Å². The Kier molecular flexibility index (Phi) is 5.82. The molecular formula is C14H19F3O2. The van der Waals surface area contributed by atoms with Gasteiger partial charge in [-0.15, -0.1) is 0 Å². The molecule has 0 amide bonds. The van der Waals surface area contributed by atoms with Crippen LogP contribution in [0.25, 0.3) is 0 Å². The van der Waals surface area contributed by atoms with Gasteiger partial charge in [-0.05, 0) is 25.0 Å². The SMILES string of the molecule is CCCC(OCC)C(O)c1ccccc1C(F)(F)F. The van der Waals surface area contributed by atoms with Crippen molar-refractivity contribution in [2.45, 2.75) is 45.1 Å². The van der Waals surface area contributed by atoms with Crippen LogP contribution in [0.4, 0.5) is 13.2 Å². The van der Waals surface area contributed by atoms with E-state index in [9.17, 15) is 18.3 Å². The van der Waals surface area contributed by atoms with Crippen LogP contribution < -0.4 is 0 Å². The van der Waals surface area contributed by atoms with Gasteiger partial charge in [-0.3, -0.25) is 0 Å². The summed E-state index contributed by atoms with van der Waals surface area (Å²) >= 11 is 0. The predicted molar refractivity (Wildman–Crippen MR) is 66.7 cm³/mol. The van der Waals surface area contributed by atoms with Gasteiger partial charge in [0.1, 0.15) is 6.10 Å². The first-order chi connectivity index (χ1) is 8.91. The molecule has 0 saturated carbocycles. The third-order valence-corrected chi connectivity index (χ3v) is 2.89. The third-order valence-electron chi connectivity index (χ3n) is 2.89. The number of alkyl halides is 3. The number of aliphatic hydroxyl groups excluding tert-OH is 1. The fourth-order valence-corrected chi connectivity index (χ4v) is 2.04. The van der Waals surface area contributed by atoms with Crippen molar-refractivity contribution in [2.75, 3.05) is 6.61 Å². The summed E-state index contributed by atoms with van der Waals surface area (Å²) in [6.07, 6.45) is -5.10. The number of hydrogen-bond acceptors (Lipinski definition) is 2. The van der Waals surface area contributed by atoms with Crippen LogP contribution in [0.1, 0.15) is 43.9 Å². The zero-order valence-corrected chi connectivity index (χ0v) is 11.1. The Morgan fingerprint density at radius 2 is 1.84 bits per heavy atom. The Morgan fingerprint density at radius 3 is 2.37 bits per heavy atom. The summed E-state index contributed by atoms with van der Waals surface area (Å²) in [5, 5.41) is 10.2. The Balaban J connectivity index is 3.06. The maximum atomic E-state index is 12.9. The number of hydrogen-bond donors (Lipinski definition) is 1. The number of halogens is 3. The second-order valence-corrected chi connectivity index (χ2v) is 4.31. The molecule has 0 heterocycles. The lowest BCUT2D eigenvalue weighted by Gasteiger charge is -2.25. The minimum absolute atomic E-state index is 0.123. The van der Waals surface area contributed by atoms with E-state index >= 15 is 0 Å². The van der Waals surface area contributed by atoms with E-state index in [1.165, 1.54) is 18.2 Å². The highest BCUT2D eigenvalue weighted by molar-refractivity contribution is 5.32. The molecule has 0 bridgehead atoms. The fraction of sp³-hybridized carbons (Fsp3) is 0.571. The lowest BCUT2D eigenvalue weighted by molar-refractivity contribution is -0.140. The second kappa shape index (κ2) is 6.91. The van der Waals surface area contributed by atoms with Crippen molar-refractivity contribution in [2.24, 2.45) is 0 Å². The van der Waals surface area contributed by atoms with E-state index in [0.29, 0.717) is 13.0 Å². The van der Waals surface area contributed by atoms with Gasteiger partial charge in [-0.25, -0.2) is 0 Å². The van der Waals surface area contributed by atoms with Crippen molar-refractivity contribution in [1.29, 1.82) is 0 Å². The van der Waals surface area contributed by atoms with Crippen LogP contribution in [-0.4, -0.2) is 17.8 Å². The van der Waals surface area contributed by atoms with Crippen LogP contribution in [-0.2, 0) is 10.9 Å². The molecular weight excluding hydrogens is 257 g/mol. The maximum Gasteiger partial charge on any atom is 0.416 e. The molecule has 2 unspecified atom stereocenters. The van der Waals surface area contributed by atoms with Crippen LogP contribution in [0.15, 0.2) is 24.3 Å². The molecule has 1 aromatic carbocycles. The zero-order valence-electron chi connectivity index (χ0n) is 11.1. The summed E-state index contributed by atoms with van der Waals surface area (Å²) in [5.74, 6) is 0. The summed E-state index contributed by atoms with van der Waals surface area (Å²) in [6.45, 7) is 4.01. The van der Waals surface area contributed by atoms with Gasteiger partial charge in [0.15, 0.2) is 0 Å². The summed E-state index contributed by atoms with van der Waals surface area (Å²) in [7, 11) is 0. The normalized spacial score (nSPS) is 15.3. The van der Waals surface area contributed by atoms with Gasteiger partial charge in [0.2, 0.25) is 0 Å². The van der Waals surface area contributed by atoms with Crippen molar-refractivity contribution in [3.05, 3.63) is 35.4 Å². The minimum Gasteiger partial charge on any atom is -0.386 e. The molecule has 0 aromatic heterocycles. The van der Waals surface area contributed by atoms with Gasteiger partial charge in [0, 0.05) is 6.61 Å². The van der Waals surface area contributed by atoms with Crippen LogP contribution in [0.2, 0.25) is 0 Å². The summed E-state index contributed by atoms with van der Waals surface area (Å²) in [5.41, 5.74) is -0.926. The molecule has 0 aliphatic carbocycles. The predicted octanol–water partition coefficient (Wildman–Crippen LogP) is 3.94. The molecule has 0 spiro atoms. The lowest BCUT2D eigenvalue weighted by atomic mass is 9.96. The van der Waals surface area contributed by atoms with E-state index in [4.69, 9.17) is 4.74 Å². The minimum atomic E-state index is -4.47. The molecule has 19 heavy (non-hydrogen) atoms. The standard InChI is InChI=1S/C14H19F3O2/c1-3-7-12(19-4-2)13(18)10-8-5-6-9-11(10)14(15,16)17/h5-6,8-9,12-13,18H,3-4,7H2,1-2H3. The zero-order chi connectivity index (χ0) is 14.5. The summed E-state index contributed by atoms with van der Waals surface area (Å²) < 4.78 is 44.0. The molecule has 1 N–H and O–H groups in total. The first-order valence-corrected chi connectivity index (χ1v) is 6.37. The van der Waals surface area contributed by atoms with E-state index < -0.39 is 23.9 Å². The smallest absolute Gasteiger partial charge is 0.386 e. The van der Waals surface area contributed by atoms with Crippen LogP contribution in [0.3, 0.4) is 0 Å². The van der Waals surface area contributed by atoms with Crippen molar-refractivity contribution in [3.63, 3.8) is 0 Å². The fourth-order valence-electron chi connectivity index (χ4n) is 2.04. The average molecular weight is 276 g/mol. The first-order valence-electron chi connectivity index (χ1n) is 6.37.